The molecule has 4 rings (SSSR count). The fraction of sp³-hybridized carbons (Fsp3) is 0.0952. The lowest BCUT2D eigenvalue weighted by molar-refractivity contribution is 0.102. The summed E-state index contributed by atoms with van der Waals surface area (Å²) in [6.07, 6.45) is 0. The molecule has 0 amide bonds. The SMILES string of the molecule is Cc1cc2nc(SCC(=O)c3ccc(Cl)cc3)n(-c3ccc(F)cc3)c(=O)c2[nH]1. The zero-order chi connectivity index (χ0) is 20.5. The van der Waals surface area contributed by atoms with Crippen molar-refractivity contribution in [3.05, 3.63) is 87.0 Å². The molecular formula is C21H15ClFN3O2S. The molecule has 0 saturated heterocycles. The van der Waals surface area contributed by atoms with Crippen molar-refractivity contribution in [2.75, 3.05) is 5.75 Å². The van der Waals surface area contributed by atoms with E-state index in [0.29, 0.717) is 32.5 Å². The minimum Gasteiger partial charge on any atom is -0.353 e. The molecule has 0 bridgehead atoms. The number of aromatic amines is 1. The molecule has 0 spiro atoms. The van der Waals surface area contributed by atoms with Gasteiger partial charge in [-0.15, -0.1) is 0 Å². The Morgan fingerprint density at radius 2 is 1.86 bits per heavy atom. The molecular weight excluding hydrogens is 413 g/mol. The van der Waals surface area contributed by atoms with Crippen molar-refractivity contribution < 1.29 is 9.18 Å². The Bertz CT molecular complexity index is 1260. The number of aryl methyl sites for hydroxylation is 1. The minimum atomic E-state index is -0.404. The van der Waals surface area contributed by atoms with Gasteiger partial charge in [0, 0.05) is 16.3 Å². The topological polar surface area (TPSA) is 67.8 Å². The highest BCUT2D eigenvalue weighted by Crippen LogP contribution is 2.23. The highest BCUT2D eigenvalue weighted by atomic mass is 35.5. The number of nitrogens with one attached hydrogen (secondary N) is 1. The first kappa shape index (κ1) is 19.4. The van der Waals surface area contributed by atoms with E-state index < -0.39 is 5.82 Å². The van der Waals surface area contributed by atoms with Crippen molar-refractivity contribution in [2.45, 2.75) is 12.1 Å². The Morgan fingerprint density at radius 1 is 1.17 bits per heavy atom. The van der Waals surface area contributed by atoms with Crippen LogP contribution in [-0.2, 0) is 0 Å². The van der Waals surface area contributed by atoms with Crippen LogP contribution in [0.2, 0.25) is 5.02 Å². The van der Waals surface area contributed by atoms with Gasteiger partial charge in [-0.2, -0.15) is 0 Å². The van der Waals surface area contributed by atoms with E-state index in [0.717, 1.165) is 17.5 Å². The van der Waals surface area contributed by atoms with Crippen LogP contribution in [0.4, 0.5) is 4.39 Å². The van der Waals surface area contributed by atoms with Crippen LogP contribution in [0.5, 0.6) is 0 Å². The first-order chi connectivity index (χ1) is 13.9. The maximum atomic E-state index is 13.4. The van der Waals surface area contributed by atoms with Crippen molar-refractivity contribution >= 4 is 40.2 Å². The fourth-order valence-electron chi connectivity index (χ4n) is 2.94. The van der Waals surface area contributed by atoms with Gasteiger partial charge < -0.3 is 4.98 Å². The number of thioether (sulfide) groups is 1. The second-order valence-electron chi connectivity index (χ2n) is 6.44. The fourth-order valence-corrected chi connectivity index (χ4v) is 3.97. The number of nitrogens with zero attached hydrogens (tertiary/aromatic N) is 2. The molecule has 0 saturated carbocycles. The molecule has 5 nitrogen and oxygen atoms in total. The molecule has 0 fully saturated rings. The average Bonchev–Trinajstić information content (AvgIpc) is 3.08. The molecule has 0 aliphatic carbocycles. The Kier molecular flexibility index (Phi) is 5.25. The van der Waals surface area contributed by atoms with Crippen LogP contribution in [0.1, 0.15) is 16.1 Å². The smallest absolute Gasteiger partial charge is 0.283 e. The molecule has 1 N–H and O–H groups in total. The summed E-state index contributed by atoms with van der Waals surface area (Å²) in [5, 5.41) is 0.907. The van der Waals surface area contributed by atoms with Crippen LogP contribution in [0.3, 0.4) is 0 Å². The first-order valence-electron chi connectivity index (χ1n) is 8.72. The Morgan fingerprint density at radius 3 is 2.55 bits per heavy atom. The van der Waals surface area contributed by atoms with Gasteiger partial charge in [0.15, 0.2) is 10.9 Å². The van der Waals surface area contributed by atoms with E-state index in [2.05, 4.69) is 9.97 Å². The molecule has 0 aliphatic rings. The molecule has 2 heterocycles. The van der Waals surface area contributed by atoms with Crippen molar-refractivity contribution in [2.24, 2.45) is 0 Å². The number of hydrogen-bond donors (Lipinski definition) is 1. The number of aromatic nitrogens is 3. The maximum absolute atomic E-state index is 13.4. The lowest BCUT2D eigenvalue weighted by Crippen LogP contribution is -2.22. The molecule has 2 aromatic heterocycles. The lowest BCUT2D eigenvalue weighted by atomic mass is 10.1. The largest absolute Gasteiger partial charge is 0.353 e. The van der Waals surface area contributed by atoms with Gasteiger partial charge in [0.05, 0.1) is 17.0 Å². The third-order valence-corrected chi connectivity index (χ3v) is 5.53. The number of benzene rings is 2. The van der Waals surface area contributed by atoms with Crippen molar-refractivity contribution in [3.63, 3.8) is 0 Å². The van der Waals surface area contributed by atoms with Crippen molar-refractivity contribution in [1.29, 1.82) is 0 Å². The number of rotatable bonds is 5. The molecule has 0 radical (unpaired) electrons. The quantitative estimate of drug-likeness (QED) is 0.282. The summed E-state index contributed by atoms with van der Waals surface area (Å²) >= 11 is 7.02. The predicted octanol–water partition coefficient (Wildman–Crippen LogP) is 4.79. The van der Waals surface area contributed by atoms with Gasteiger partial charge in [-0.3, -0.25) is 14.2 Å². The summed E-state index contributed by atoms with van der Waals surface area (Å²) in [5.41, 5.74) is 2.37. The molecule has 4 aromatic rings. The second-order valence-corrected chi connectivity index (χ2v) is 7.82. The van der Waals surface area contributed by atoms with E-state index in [-0.39, 0.29) is 17.1 Å². The van der Waals surface area contributed by atoms with Crippen LogP contribution in [0, 0.1) is 12.7 Å². The monoisotopic (exact) mass is 427 g/mol. The number of hydrogen-bond acceptors (Lipinski definition) is 4. The summed E-state index contributed by atoms with van der Waals surface area (Å²) in [5.74, 6) is -0.430. The molecule has 146 valence electrons. The predicted molar refractivity (Wildman–Crippen MR) is 113 cm³/mol. The zero-order valence-electron chi connectivity index (χ0n) is 15.3. The van der Waals surface area contributed by atoms with Gasteiger partial charge in [-0.25, -0.2) is 9.37 Å². The van der Waals surface area contributed by atoms with Crippen LogP contribution >= 0.6 is 23.4 Å². The standard InChI is InChI=1S/C21H15ClFN3O2S/c1-12-10-17-19(24-12)20(28)26(16-8-6-15(23)7-9-16)21(25-17)29-11-18(27)13-2-4-14(22)5-3-13/h2-10,24H,11H2,1H3. The molecule has 0 atom stereocenters. The first-order valence-corrected chi connectivity index (χ1v) is 10.1. The van der Waals surface area contributed by atoms with Crippen LogP contribution in [0.25, 0.3) is 16.7 Å². The number of ketones is 1. The molecule has 0 unspecified atom stereocenters. The third kappa shape index (κ3) is 3.97. The summed E-state index contributed by atoms with van der Waals surface area (Å²) in [7, 11) is 0. The van der Waals surface area contributed by atoms with Crippen LogP contribution < -0.4 is 5.56 Å². The summed E-state index contributed by atoms with van der Waals surface area (Å²) < 4.78 is 14.7. The summed E-state index contributed by atoms with van der Waals surface area (Å²) in [4.78, 5) is 33.2. The molecule has 0 aliphatic heterocycles. The normalized spacial score (nSPS) is 11.1. The molecule has 29 heavy (non-hydrogen) atoms. The number of Topliss-reactive ketones (excluding diaryl/α,β-unsaturated/α-hetero) is 1. The van der Waals surface area contributed by atoms with Gasteiger partial charge in [0.2, 0.25) is 0 Å². The molecule has 2 aromatic carbocycles. The number of carbonyl (C=O) groups is 1. The third-order valence-electron chi connectivity index (χ3n) is 4.34. The van der Waals surface area contributed by atoms with Crippen molar-refractivity contribution in [3.8, 4) is 5.69 Å². The Labute approximate surface area is 174 Å². The number of carbonyl (C=O) groups excluding carboxylic acids is 1. The Hall–Kier alpha value is -2.90. The van der Waals surface area contributed by atoms with E-state index in [1.807, 2.05) is 6.92 Å². The minimum absolute atomic E-state index is 0.0875. The van der Waals surface area contributed by atoms with Gasteiger partial charge in [-0.05, 0) is 61.5 Å². The highest BCUT2D eigenvalue weighted by Gasteiger charge is 2.17. The molecule has 8 heteroatoms. The van der Waals surface area contributed by atoms with E-state index in [1.165, 1.54) is 28.8 Å². The van der Waals surface area contributed by atoms with Gasteiger partial charge in [0.1, 0.15) is 11.3 Å². The Balaban J connectivity index is 1.74. The second kappa shape index (κ2) is 7.85. The van der Waals surface area contributed by atoms with Gasteiger partial charge in [0.25, 0.3) is 5.56 Å². The van der Waals surface area contributed by atoms with E-state index in [9.17, 15) is 14.0 Å². The van der Waals surface area contributed by atoms with E-state index in [1.54, 1.807) is 30.3 Å². The van der Waals surface area contributed by atoms with Crippen molar-refractivity contribution in [1.82, 2.24) is 14.5 Å². The van der Waals surface area contributed by atoms with Gasteiger partial charge in [-0.1, -0.05) is 23.4 Å². The van der Waals surface area contributed by atoms with Crippen LogP contribution in [0.15, 0.2) is 64.5 Å². The van der Waals surface area contributed by atoms with E-state index >= 15 is 0 Å². The van der Waals surface area contributed by atoms with Gasteiger partial charge >= 0.3 is 0 Å². The average molecular weight is 428 g/mol. The zero-order valence-corrected chi connectivity index (χ0v) is 16.9. The number of halogens is 2. The number of H-pyrrole nitrogens is 1. The van der Waals surface area contributed by atoms with Crippen LogP contribution in [-0.4, -0.2) is 26.1 Å². The summed E-state index contributed by atoms with van der Waals surface area (Å²) in [6.45, 7) is 1.83. The maximum Gasteiger partial charge on any atom is 0.283 e. The van der Waals surface area contributed by atoms with E-state index in [4.69, 9.17) is 11.6 Å². The summed E-state index contributed by atoms with van der Waals surface area (Å²) in [6, 6.07) is 14.0. The lowest BCUT2D eigenvalue weighted by Gasteiger charge is -2.12. The number of fused-ring (bicyclic) bond motifs is 1. The highest BCUT2D eigenvalue weighted by molar-refractivity contribution is 7.99.